The number of hydrogen-bond acceptors (Lipinski definition) is 3. The van der Waals surface area contributed by atoms with Crippen LogP contribution >= 0.6 is 0 Å². The number of carbonyl (C=O) groups excluding carboxylic acids is 1. The molecule has 1 aliphatic rings. The lowest BCUT2D eigenvalue weighted by Gasteiger charge is -2.35. The van der Waals surface area contributed by atoms with Gasteiger partial charge in [0.15, 0.2) is 0 Å². The average Bonchev–Trinajstić information content (AvgIpc) is 2.39. The van der Waals surface area contributed by atoms with Crippen LogP contribution in [0.15, 0.2) is 0 Å². The van der Waals surface area contributed by atoms with E-state index in [2.05, 4.69) is 25.8 Å². The van der Waals surface area contributed by atoms with Gasteiger partial charge in [0.05, 0.1) is 0 Å². The number of nitrogens with zero attached hydrogens (tertiary/aromatic N) is 2. The molecule has 1 aliphatic heterocycles. The van der Waals surface area contributed by atoms with E-state index in [0.29, 0.717) is 19.0 Å². The Bertz CT molecular complexity index is 234. The number of nitrogens with two attached hydrogens (primary N) is 1. The van der Waals surface area contributed by atoms with Crippen molar-refractivity contribution < 1.29 is 4.79 Å². The fourth-order valence-electron chi connectivity index (χ4n) is 2.14. The first-order valence-electron chi connectivity index (χ1n) is 5.61. The highest BCUT2D eigenvalue weighted by molar-refractivity contribution is 5.78. The maximum absolute atomic E-state index is 11.8. The third-order valence-corrected chi connectivity index (χ3v) is 3.06. The highest BCUT2D eigenvalue weighted by atomic mass is 16.2. The minimum absolute atomic E-state index is 0.141. The second kappa shape index (κ2) is 4.49. The summed E-state index contributed by atoms with van der Waals surface area (Å²) in [5.41, 5.74) is 5.60. The van der Waals surface area contributed by atoms with Crippen molar-refractivity contribution >= 4 is 5.91 Å². The molecule has 1 rings (SSSR count). The number of carbonyl (C=O) groups is 1. The van der Waals surface area contributed by atoms with E-state index in [-0.39, 0.29) is 11.3 Å². The number of hydrazine groups is 1. The zero-order valence-corrected chi connectivity index (χ0v) is 10.3. The van der Waals surface area contributed by atoms with Gasteiger partial charge in [-0.1, -0.05) is 20.8 Å². The molecule has 1 saturated heterocycles. The quantitative estimate of drug-likeness (QED) is 0.755. The standard InChI is InChI=1S/C11H23N3O/c1-11(2,3)9-8-10(15)14(13(9)4)7-5-6-12/h9H,5-8,12H2,1-4H3. The Morgan fingerprint density at radius 3 is 2.47 bits per heavy atom. The van der Waals surface area contributed by atoms with Crippen LogP contribution in [0.3, 0.4) is 0 Å². The van der Waals surface area contributed by atoms with E-state index in [9.17, 15) is 4.79 Å². The molecule has 88 valence electrons. The highest BCUT2D eigenvalue weighted by Gasteiger charge is 2.40. The van der Waals surface area contributed by atoms with Gasteiger partial charge in [0, 0.05) is 26.1 Å². The van der Waals surface area contributed by atoms with Crippen molar-refractivity contribution in [2.75, 3.05) is 20.1 Å². The van der Waals surface area contributed by atoms with E-state index in [0.717, 1.165) is 13.0 Å². The van der Waals surface area contributed by atoms with Gasteiger partial charge in [0.2, 0.25) is 5.91 Å². The zero-order chi connectivity index (χ0) is 11.6. The molecule has 1 fully saturated rings. The summed E-state index contributed by atoms with van der Waals surface area (Å²) in [6.07, 6.45) is 1.50. The third-order valence-electron chi connectivity index (χ3n) is 3.06. The molecule has 0 aliphatic carbocycles. The molecule has 1 amide bonds. The van der Waals surface area contributed by atoms with Crippen LogP contribution in [-0.4, -0.2) is 42.1 Å². The monoisotopic (exact) mass is 213 g/mol. The largest absolute Gasteiger partial charge is 0.330 e. The third kappa shape index (κ3) is 2.69. The van der Waals surface area contributed by atoms with Crippen LogP contribution in [0.4, 0.5) is 0 Å². The van der Waals surface area contributed by atoms with Crippen molar-refractivity contribution in [3.63, 3.8) is 0 Å². The summed E-state index contributed by atoms with van der Waals surface area (Å²) in [7, 11) is 2.00. The molecule has 0 aromatic heterocycles. The first-order valence-corrected chi connectivity index (χ1v) is 5.61. The van der Waals surface area contributed by atoms with Crippen molar-refractivity contribution in [2.45, 2.75) is 39.7 Å². The molecular formula is C11H23N3O. The van der Waals surface area contributed by atoms with Gasteiger partial charge in [-0.15, -0.1) is 0 Å². The van der Waals surface area contributed by atoms with E-state index in [1.807, 2.05) is 12.1 Å². The summed E-state index contributed by atoms with van der Waals surface area (Å²) in [4.78, 5) is 11.8. The van der Waals surface area contributed by atoms with Crippen LogP contribution in [-0.2, 0) is 4.79 Å². The molecular weight excluding hydrogens is 190 g/mol. The molecule has 15 heavy (non-hydrogen) atoms. The van der Waals surface area contributed by atoms with E-state index in [1.165, 1.54) is 0 Å². The Balaban J connectivity index is 2.66. The van der Waals surface area contributed by atoms with Crippen molar-refractivity contribution in [1.82, 2.24) is 10.0 Å². The van der Waals surface area contributed by atoms with Crippen molar-refractivity contribution in [3.05, 3.63) is 0 Å². The summed E-state index contributed by atoms with van der Waals surface area (Å²) < 4.78 is 0. The maximum atomic E-state index is 11.8. The number of rotatable bonds is 3. The minimum atomic E-state index is 0.141. The smallest absolute Gasteiger partial charge is 0.238 e. The lowest BCUT2D eigenvalue weighted by Crippen LogP contribution is -2.44. The van der Waals surface area contributed by atoms with Crippen molar-refractivity contribution in [3.8, 4) is 0 Å². The Labute approximate surface area is 92.4 Å². The first-order chi connectivity index (χ1) is 6.88. The molecule has 0 bridgehead atoms. The lowest BCUT2D eigenvalue weighted by molar-refractivity contribution is -0.137. The normalized spacial score (nSPS) is 23.9. The van der Waals surface area contributed by atoms with Crippen molar-refractivity contribution in [1.29, 1.82) is 0 Å². The molecule has 0 saturated carbocycles. The zero-order valence-electron chi connectivity index (χ0n) is 10.3. The Morgan fingerprint density at radius 2 is 2.07 bits per heavy atom. The molecule has 0 spiro atoms. The molecule has 0 radical (unpaired) electrons. The predicted octanol–water partition coefficient (Wildman–Crippen LogP) is 0.829. The van der Waals surface area contributed by atoms with Gasteiger partial charge in [-0.05, 0) is 18.4 Å². The fourth-order valence-corrected chi connectivity index (χ4v) is 2.14. The van der Waals surface area contributed by atoms with Gasteiger partial charge >= 0.3 is 0 Å². The van der Waals surface area contributed by atoms with Gasteiger partial charge < -0.3 is 5.73 Å². The van der Waals surface area contributed by atoms with Gasteiger partial charge in [0.1, 0.15) is 0 Å². The van der Waals surface area contributed by atoms with E-state index in [1.54, 1.807) is 0 Å². The Kier molecular flexibility index (Phi) is 3.73. The van der Waals surface area contributed by atoms with E-state index in [4.69, 9.17) is 5.73 Å². The molecule has 4 nitrogen and oxygen atoms in total. The first kappa shape index (κ1) is 12.5. The highest BCUT2D eigenvalue weighted by Crippen LogP contribution is 2.32. The van der Waals surface area contributed by atoms with E-state index < -0.39 is 0 Å². The molecule has 1 heterocycles. The lowest BCUT2D eigenvalue weighted by atomic mass is 9.85. The van der Waals surface area contributed by atoms with Crippen LogP contribution in [0.2, 0.25) is 0 Å². The Hall–Kier alpha value is -0.610. The van der Waals surface area contributed by atoms with Crippen LogP contribution in [0.1, 0.15) is 33.6 Å². The summed E-state index contributed by atoms with van der Waals surface area (Å²) >= 11 is 0. The van der Waals surface area contributed by atoms with Gasteiger partial charge in [-0.3, -0.25) is 9.80 Å². The second-order valence-electron chi connectivity index (χ2n) is 5.32. The molecule has 1 unspecified atom stereocenters. The predicted molar refractivity (Wildman–Crippen MR) is 61.0 cm³/mol. The average molecular weight is 213 g/mol. The number of amides is 1. The molecule has 1 atom stereocenters. The second-order valence-corrected chi connectivity index (χ2v) is 5.32. The Morgan fingerprint density at radius 1 is 1.47 bits per heavy atom. The van der Waals surface area contributed by atoms with E-state index >= 15 is 0 Å². The van der Waals surface area contributed by atoms with Gasteiger partial charge in [-0.25, -0.2) is 5.01 Å². The summed E-state index contributed by atoms with van der Waals surface area (Å²) in [5, 5.41) is 3.92. The van der Waals surface area contributed by atoms with Crippen molar-refractivity contribution in [2.24, 2.45) is 11.1 Å². The SMILES string of the molecule is CN1C(C(C)(C)C)CC(=O)N1CCCN. The number of hydrogen-bond donors (Lipinski definition) is 1. The molecule has 4 heteroatoms. The molecule has 0 aromatic rings. The van der Waals surface area contributed by atoms with Crippen LogP contribution in [0.5, 0.6) is 0 Å². The maximum Gasteiger partial charge on any atom is 0.238 e. The molecule has 0 aromatic carbocycles. The summed E-state index contributed by atoms with van der Waals surface area (Å²) in [6, 6.07) is 0.308. The summed E-state index contributed by atoms with van der Waals surface area (Å²) in [5.74, 6) is 0.228. The fraction of sp³-hybridized carbons (Fsp3) is 0.909. The van der Waals surface area contributed by atoms with Crippen LogP contribution < -0.4 is 5.73 Å². The minimum Gasteiger partial charge on any atom is -0.330 e. The molecule has 2 N–H and O–H groups in total. The van der Waals surface area contributed by atoms with Gasteiger partial charge in [0.25, 0.3) is 0 Å². The summed E-state index contributed by atoms with van der Waals surface area (Å²) in [6.45, 7) is 7.91. The van der Waals surface area contributed by atoms with Gasteiger partial charge in [-0.2, -0.15) is 0 Å². The topological polar surface area (TPSA) is 49.6 Å². The van der Waals surface area contributed by atoms with Crippen LogP contribution in [0, 0.1) is 5.41 Å². The van der Waals surface area contributed by atoms with Crippen LogP contribution in [0.25, 0.3) is 0 Å².